The van der Waals surface area contributed by atoms with Crippen molar-refractivity contribution in [2.45, 2.75) is 25.7 Å². The molecule has 0 aliphatic carbocycles. The molecule has 0 radical (unpaired) electrons. The van der Waals surface area contributed by atoms with E-state index in [1.165, 1.54) is 0 Å². The van der Waals surface area contributed by atoms with Crippen LogP contribution in [-0.4, -0.2) is 43.9 Å². The number of fused-ring (bicyclic) bond motifs is 1. The molecule has 0 aromatic carbocycles. The van der Waals surface area contributed by atoms with Gasteiger partial charge in [0.15, 0.2) is 17.7 Å². The molecule has 2 N–H and O–H groups in total. The standard InChI is InChI=1S/C17H19FN6O/c1-11-3-2-4-13(20-11)17(25)21-16-9-19-14-5-6-15(22-24(14)16)23-8-7-12(18)10-23/h2-6,9,12,17,21,25H,7-8,10H2,1H3/t12-,17?/m0/s1. The second-order valence-electron chi connectivity index (χ2n) is 6.19. The number of alkyl halides is 1. The lowest BCUT2D eigenvalue weighted by molar-refractivity contribution is 0.202. The van der Waals surface area contributed by atoms with Gasteiger partial charge in [0.2, 0.25) is 0 Å². The molecule has 4 heterocycles. The lowest BCUT2D eigenvalue weighted by atomic mass is 10.3. The number of halogens is 1. The predicted molar refractivity (Wildman–Crippen MR) is 92.3 cm³/mol. The van der Waals surface area contributed by atoms with E-state index in [4.69, 9.17) is 0 Å². The number of imidazole rings is 1. The number of nitrogens with zero attached hydrogens (tertiary/aromatic N) is 5. The van der Waals surface area contributed by atoms with E-state index < -0.39 is 12.4 Å². The maximum Gasteiger partial charge on any atom is 0.169 e. The average molecular weight is 342 g/mol. The highest BCUT2D eigenvalue weighted by molar-refractivity contribution is 5.53. The molecule has 1 aliphatic heterocycles. The fourth-order valence-electron chi connectivity index (χ4n) is 2.99. The fraction of sp³-hybridized carbons (Fsp3) is 0.353. The maximum atomic E-state index is 13.4. The SMILES string of the molecule is Cc1cccc(C(O)Nc2cnc3ccc(N4CC[C@H](F)C4)nn23)n1. The minimum Gasteiger partial charge on any atom is -0.368 e. The van der Waals surface area contributed by atoms with E-state index in [0.29, 0.717) is 42.5 Å². The van der Waals surface area contributed by atoms with Crippen LogP contribution in [0.4, 0.5) is 16.0 Å². The minimum absolute atomic E-state index is 0.353. The highest BCUT2D eigenvalue weighted by atomic mass is 19.1. The Balaban J connectivity index is 1.61. The summed E-state index contributed by atoms with van der Waals surface area (Å²) in [6.45, 7) is 2.87. The van der Waals surface area contributed by atoms with Crippen LogP contribution in [0.15, 0.2) is 36.5 Å². The number of aromatic nitrogens is 4. The maximum absolute atomic E-state index is 13.4. The Labute approximate surface area is 144 Å². The van der Waals surface area contributed by atoms with Crippen molar-refractivity contribution in [2.75, 3.05) is 23.3 Å². The molecule has 1 fully saturated rings. The van der Waals surface area contributed by atoms with Crippen LogP contribution in [0.5, 0.6) is 0 Å². The zero-order valence-electron chi connectivity index (χ0n) is 13.8. The van der Waals surface area contributed by atoms with Gasteiger partial charge in [0.05, 0.1) is 18.4 Å². The van der Waals surface area contributed by atoms with Crippen LogP contribution in [0.1, 0.15) is 24.0 Å². The molecule has 0 saturated carbocycles. The van der Waals surface area contributed by atoms with Crippen LogP contribution in [0.25, 0.3) is 5.65 Å². The van der Waals surface area contributed by atoms with Gasteiger partial charge in [0.25, 0.3) is 0 Å². The Kier molecular flexibility index (Phi) is 3.96. The van der Waals surface area contributed by atoms with Crippen molar-refractivity contribution in [3.63, 3.8) is 0 Å². The summed E-state index contributed by atoms with van der Waals surface area (Å²) in [4.78, 5) is 10.5. The summed E-state index contributed by atoms with van der Waals surface area (Å²) in [5.74, 6) is 1.24. The van der Waals surface area contributed by atoms with Crippen molar-refractivity contribution in [3.05, 3.63) is 47.9 Å². The second kappa shape index (κ2) is 6.29. The quantitative estimate of drug-likeness (QED) is 0.707. The van der Waals surface area contributed by atoms with E-state index in [-0.39, 0.29) is 0 Å². The van der Waals surface area contributed by atoms with Gasteiger partial charge in [-0.1, -0.05) is 6.07 Å². The number of nitrogens with one attached hydrogen (secondary N) is 1. The zero-order valence-corrected chi connectivity index (χ0v) is 13.8. The van der Waals surface area contributed by atoms with Crippen LogP contribution in [0, 0.1) is 6.92 Å². The van der Waals surface area contributed by atoms with Gasteiger partial charge in [-0.15, -0.1) is 5.10 Å². The molecule has 8 heteroatoms. The van der Waals surface area contributed by atoms with Gasteiger partial charge in [-0.2, -0.15) is 4.52 Å². The third kappa shape index (κ3) is 3.12. The molecule has 130 valence electrons. The third-order valence-corrected chi connectivity index (χ3v) is 4.28. The van der Waals surface area contributed by atoms with Crippen molar-refractivity contribution in [2.24, 2.45) is 0 Å². The predicted octanol–water partition coefficient (Wildman–Crippen LogP) is 2.08. The summed E-state index contributed by atoms with van der Waals surface area (Å²) in [7, 11) is 0. The van der Waals surface area contributed by atoms with Gasteiger partial charge in [-0.3, -0.25) is 4.98 Å². The second-order valence-corrected chi connectivity index (χ2v) is 6.19. The summed E-state index contributed by atoms with van der Waals surface area (Å²) < 4.78 is 15.1. The fourth-order valence-corrected chi connectivity index (χ4v) is 2.99. The van der Waals surface area contributed by atoms with E-state index in [9.17, 15) is 9.50 Å². The van der Waals surface area contributed by atoms with Gasteiger partial charge in [-0.05, 0) is 37.6 Å². The number of hydrogen-bond acceptors (Lipinski definition) is 6. The molecule has 7 nitrogen and oxygen atoms in total. The van der Waals surface area contributed by atoms with Crippen LogP contribution >= 0.6 is 0 Å². The van der Waals surface area contributed by atoms with Crippen molar-refractivity contribution >= 4 is 17.3 Å². The molecule has 1 unspecified atom stereocenters. The lowest BCUT2D eigenvalue weighted by Crippen LogP contribution is -2.22. The van der Waals surface area contributed by atoms with Crippen LogP contribution in [-0.2, 0) is 0 Å². The van der Waals surface area contributed by atoms with Crippen molar-refractivity contribution < 1.29 is 9.50 Å². The summed E-state index contributed by atoms with van der Waals surface area (Å²) in [5.41, 5.74) is 1.99. The molecule has 2 atom stereocenters. The van der Waals surface area contributed by atoms with E-state index >= 15 is 0 Å². The number of aryl methyl sites for hydroxylation is 1. The van der Waals surface area contributed by atoms with Crippen LogP contribution < -0.4 is 10.2 Å². The monoisotopic (exact) mass is 342 g/mol. The van der Waals surface area contributed by atoms with Gasteiger partial charge < -0.3 is 15.3 Å². The highest BCUT2D eigenvalue weighted by Crippen LogP contribution is 2.22. The Morgan fingerprint density at radius 3 is 2.96 bits per heavy atom. The van der Waals surface area contributed by atoms with Crippen molar-refractivity contribution in [1.82, 2.24) is 19.6 Å². The Morgan fingerprint density at radius 1 is 1.32 bits per heavy atom. The highest BCUT2D eigenvalue weighted by Gasteiger charge is 2.23. The zero-order chi connectivity index (χ0) is 17.4. The van der Waals surface area contributed by atoms with E-state index in [2.05, 4.69) is 20.4 Å². The van der Waals surface area contributed by atoms with E-state index in [1.807, 2.05) is 36.1 Å². The van der Waals surface area contributed by atoms with E-state index in [0.717, 1.165) is 5.69 Å². The van der Waals surface area contributed by atoms with Gasteiger partial charge in [0.1, 0.15) is 12.0 Å². The molecular formula is C17H19FN6O. The molecule has 3 aromatic heterocycles. The molecule has 25 heavy (non-hydrogen) atoms. The normalized spacial score (nSPS) is 18.7. The topological polar surface area (TPSA) is 78.6 Å². The molecule has 0 spiro atoms. The lowest BCUT2D eigenvalue weighted by Gasteiger charge is -2.17. The first-order chi connectivity index (χ1) is 12.1. The number of pyridine rings is 1. The van der Waals surface area contributed by atoms with Crippen LogP contribution in [0.2, 0.25) is 0 Å². The minimum atomic E-state index is -0.979. The molecular weight excluding hydrogens is 323 g/mol. The molecule has 3 aromatic rings. The van der Waals surface area contributed by atoms with Gasteiger partial charge in [0, 0.05) is 12.2 Å². The summed E-state index contributed by atoms with van der Waals surface area (Å²) in [6, 6.07) is 9.12. The first-order valence-corrected chi connectivity index (χ1v) is 8.22. The first kappa shape index (κ1) is 15.8. The average Bonchev–Trinajstić information content (AvgIpc) is 3.21. The number of aliphatic hydroxyl groups is 1. The summed E-state index contributed by atoms with van der Waals surface area (Å²) >= 11 is 0. The third-order valence-electron chi connectivity index (χ3n) is 4.28. The Hall–Kier alpha value is -2.74. The largest absolute Gasteiger partial charge is 0.368 e. The number of hydrogen-bond donors (Lipinski definition) is 2. The summed E-state index contributed by atoms with van der Waals surface area (Å²) in [6.07, 6.45) is 0.332. The molecule has 0 bridgehead atoms. The smallest absolute Gasteiger partial charge is 0.169 e. The number of anilines is 2. The number of rotatable bonds is 4. The molecule has 1 saturated heterocycles. The molecule has 0 amide bonds. The van der Waals surface area contributed by atoms with Gasteiger partial charge >= 0.3 is 0 Å². The first-order valence-electron chi connectivity index (χ1n) is 8.22. The van der Waals surface area contributed by atoms with Crippen molar-refractivity contribution in [3.8, 4) is 0 Å². The van der Waals surface area contributed by atoms with Crippen LogP contribution in [0.3, 0.4) is 0 Å². The van der Waals surface area contributed by atoms with Gasteiger partial charge in [-0.25, -0.2) is 9.37 Å². The molecule has 1 aliphatic rings. The Bertz CT molecular complexity index is 898. The number of aliphatic hydroxyl groups excluding tert-OH is 1. The summed E-state index contributed by atoms with van der Waals surface area (Å²) in [5, 5.41) is 17.9. The molecule has 4 rings (SSSR count). The van der Waals surface area contributed by atoms with E-state index in [1.54, 1.807) is 16.8 Å². The van der Waals surface area contributed by atoms with Crippen molar-refractivity contribution in [1.29, 1.82) is 0 Å². The Morgan fingerprint density at radius 2 is 2.20 bits per heavy atom.